The van der Waals surface area contributed by atoms with Crippen molar-refractivity contribution in [1.82, 2.24) is 5.32 Å². The van der Waals surface area contributed by atoms with Crippen LogP contribution in [0.4, 0.5) is 0 Å². The maximum Gasteiger partial charge on any atom is 0.119 e. The highest BCUT2D eigenvalue weighted by Crippen LogP contribution is 2.19. The maximum absolute atomic E-state index is 5.27. The molecule has 0 amide bonds. The van der Waals surface area contributed by atoms with E-state index in [4.69, 9.17) is 4.74 Å². The van der Waals surface area contributed by atoms with Gasteiger partial charge in [-0.15, -0.1) is 12.4 Å². The van der Waals surface area contributed by atoms with Gasteiger partial charge in [-0.1, -0.05) is 55.8 Å². The summed E-state index contributed by atoms with van der Waals surface area (Å²) in [4.78, 5) is 0. The summed E-state index contributed by atoms with van der Waals surface area (Å²) in [5, 5.41) is 3.65. The minimum Gasteiger partial charge on any atom is -0.497 e. The lowest BCUT2D eigenvalue weighted by Gasteiger charge is -2.19. The molecule has 1 unspecified atom stereocenters. The van der Waals surface area contributed by atoms with Gasteiger partial charge >= 0.3 is 0 Å². The van der Waals surface area contributed by atoms with Crippen LogP contribution in [0.5, 0.6) is 5.75 Å². The fourth-order valence-electron chi connectivity index (χ4n) is 2.38. The highest BCUT2D eigenvalue weighted by atomic mass is 35.5. The Labute approximate surface area is 133 Å². The SMILES string of the molecule is CCCC(NCc1cccc(OC)c1)c1ccccc1.Cl. The van der Waals surface area contributed by atoms with Crippen molar-refractivity contribution in [2.75, 3.05) is 7.11 Å². The predicted molar refractivity (Wildman–Crippen MR) is 91.2 cm³/mol. The first-order valence-corrected chi connectivity index (χ1v) is 7.24. The van der Waals surface area contributed by atoms with Crippen LogP contribution in [0, 0.1) is 0 Å². The fourth-order valence-corrected chi connectivity index (χ4v) is 2.38. The zero-order valence-corrected chi connectivity index (χ0v) is 13.5. The van der Waals surface area contributed by atoms with E-state index >= 15 is 0 Å². The molecule has 0 aliphatic rings. The van der Waals surface area contributed by atoms with Gasteiger partial charge in [-0.2, -0.15) is 0 Å². The van der Waals surface area contributed by atoms with E-state index in [-0.39, 0.29) is 12.4 Å². The molecule has 114 valence electrons. The molecule has 1 atom stereocenters. The molecule has 1 N–H and O–H groups in total. The lowest BCUT2D eigenvalue weighted by molar-refractivity contribution is 0.413. The molecule has 21 heavy (non-hydrogen) atoms. The monoisotopic (exact) mass is 305 g/mol. The van der Waals surface area contributed by atoms with Crippen molar-refractivity contribution >= 4 is 12.4 Å². The van der Waals surface area contributed by atoms with Crippen molar-refractivity contribution in [3.05, 3.63) is 65.7 Å². The number of rotatable bonds is 7. The van der Waals surface area contributed by atoms with Crippen molar-refractivity contribution in [2.45, 2.75) is 32.4 Å². The zero-order chi connectivity index (χ0) is 14.2. The summed E-state index contributed by atoms with van der Waals surface area (Å²) in [6, 6.07) is 19.3. The van der Waals surface area contributed by atoms with Crippen LogP contribution in [0.1, 0.15) is 36.9 Å². The summed E-state index contributed by atoms with van der Waals surface area (Å²) < 4.78 is 5.27. The van der Waals surface area contributed by atoms with Gasteiger partial charge in [0.05, 0.1) is 7.11 Å². The molecular weight excluding hydrogens is 282 g/mol. The maximum atomic E-state index is 5.27. The topological polar surface area (TPSA) is 21.3 Å². The van der Waals surface area contributed by atoms with Crippen LogP contribution in [-0.4, -0.2) is 7.11 Å². The molecule has 0 aliphatic heterocycles. The first-order valence-electron chi connectivity index (χ1n) is 7.24. The first-order chi connectivity index (χ1) is 9.83. The molecule has 0 aliphatic carbocycles. The van der Waals surface area contributed by atoms with Gasteiger partial charge in [-0.05, 0) is 29.7 Å². The number of halogens is 1. The Bertz CT molecular complexity index is 516. The van der Waals surface area contributed by atoms with Crippen LogP contribution in [0.2, 0.25) is 0 Å². The van der Waals surface area contributed by atoms with E-state index in [9.17, 15) is 0 Å². The summed E-state index contributed by atoms with van der Waals surface area (Å²) >= 11 is 0. The standard InChI is InChI=1S/C18H23NO.ClH/c1-3-8-18(16-10-5-4-6-11-16)19-14-15-9-7-12-17(13-15)20-2;/h4-7,9-13,18-19H,3,8,14H2,1-2H3;1H. The molecule has 0 spiro atoms. The quantitative estimate of drug-likeness (QED) is 0.797. The Morgan fingerprint density at radius 2 is 1.81 bits per heavy atom. The van der Waals surface area contributed by atoms with Gasteiger partial charge in [0.15, 0.2) is 0 Å². The van der Waals surface area contributed by atoms with Gasteiger partial charge in [0.25, 0.3) is 0 Å². The molecule has 2 rings (SSSR count). The van der Waals surface area contributed by atoms with Crippen molar-refractivity contribution in [2.24, 2.45) is 0 Å². The summed E-state index contributed by atoms with van der Waals surface area (Å²) in [5.41, 5.74) is 2.61. The molecule has 0 aromatic heterocycles. The summed E-state index contributed by atoms with van der Waals surface area (Å²) in [6.45, 7) is 3.08. The normalized spacial score (nSPS) is 11.5. The lowest BCUT2D eigenvalue weighted by Crippen LogP contribution is -2.20. The predicted octanol–water partition coefficient (Wildman–Crippen LogP) is 4.75. The van der Waals surface area contributed by atoms with E-state index in [0.29, 0.717) is 6.04 Å². The van der Waals surface area contributed by atoms with E-state index in [0.717, 1.165) is 18.7 Å². The Balaban J connectivity index is 0.00000220. The summed E-state index contributed by atoms with van der Waals surface area (Å²) in [5.74, 6) is 0.913. The lowest BCUT2D eigenvalue weighted by atomic mass is 10.0. The van der Waals surface area contributed by atoms with Gasteiger partial charge in [0.2, 0.25) is 0 Å². The van der Waals surface area contributed by atoms with E-state index < -0.39 is 0 Å². The van der Waals surface area contributed by atoms with E-state index in [1.807, 2.05) is 12.1 Å². The van der Waals surface area contributed by atoms with Crippen LogP contribution in [0.3, 0.4) is 0 Å². The second-order valence-corrected chi connectivity index (χ2v) is 4.98. The third-order valence-electron chi connectivity index (χ3n) is 3.47. The first kappa shape index (κ1) is 17.5. The molecule has 3 heteroatoms. The Hall–Kier alpha value is -1.51. The minimum atomic E-state index is 0. The molecule has 2 aromatic rings. The molecule has 0 fully saturated rings. The third kappa shape index (κ3) is 5.41. The molecule has 0 heterocycles. The van der Waals surface area contributed by atoms with Crippen molar-refractivity contribution in [1.29, 1.82) is 0 Å². The highest BCUT2D eigenvalue weighted by molar-refractivity contribution is 5.85. The molecule has 2 aromatic carbocycles. The molecule has 0 radical (unpaired) electrons. The highest BCUT2D eigenvalue weighted by Gasteiger charge is 2.09. The average Bonchev–Trinajstić information content (AvgIpc) is 2.52. The molecular formula is C18H24ClNO. The van der Waals surface area contributed by atoms with Gasteiger partial charge in [0, 0.05) is 12.6 Å². The number of hydrogen-bond donors (Lipinski definition) is 1. The van der Waals surface area contributed by atoms with Gasteiger partial charge in [0.1, 0.15) is 5.75 Å². The second-order valence-electron chi connectivity index (χ2n) is 4.98. The van der Waals surface area contributed by atoms with Crippen LogP contribution in [0.25, 0.3) is 0 Å². The molecule has 0 saturated heterocycles. The number of nitrogens with one attached hydrogen (secondary N) is 1. The van der Waals surface area contributed by atoms with Crippen LogP contribution in [-0.2, 0) is 6.54 Å². The largest absolute Gasteiger partial charge is 0.497 e. The van der Waals surface area contributed by atoms with Crippen LogP contribution in [0.15, 0.2) is 54.6 Å². The van der Waals surface area contributed by atoms with Crippen molar-refractivity contribution in [3.63, 3.8) is 0 Å². The number of benzene rings is 2. The number of ether oxygens (including phenoxy) is 1. The van der Waals surface area contributed by atoms with Crippen LogP contribution >= 0.6 is 12.4 Å². The smallest absolute Gasteiger partial charge is 0.119 e. The average molecular weight is 306 g/mol. The fraction of sp³-hybridized carbons (Fsp3) is 0.333. The number of methoxy groups -OCH3 is 1. The Morgan fingerprint density at radius 1 is 1.05 bits per heavy atom. The van der Waals surface area contributed by atoms with Gasteiger partial charge in [-0.3, -0.25) is 0 Å². The van der Waals surface area contributed by atoms with Crippen molar-refractivity contribution < 1.29 is 4.74 Å². The van der Waals surface area contributed by atoms with E-state index in [1.54, 1.807) is 7.11 Å². The summed E-state index contributed by atoms with van der Waals surface area (Å²) in [6.07, 6.45) is 2.32. The minimum absolute atomic E-state index is 0. The van der Waals surface area contributed by atoms with E-state index in [1.165, 1.54) is 17.5 Å². The summed E-state index contributed by atoms with van der Waals surface area (Å²) in [7, 11) is 1.70. The van der Waals surface area contributed by atoms with Crippen LogP contribution < -0.4 is 10.1 Å². The van der Waals surface area contributed by atoms with Gasteiger partial charge < -0.3 is 10.1 Å². The third-order valence-corrected chi connectivity index (χ3v) is 3.47. The molecule has 0 saturated carbocycles. The Kier molecular flexibility index (Phi) is 7.88. The molecule has 2 nitrogen and oxygen atoms in total. The zero-order valence-electron chi connectivity index (χ0n) is 12.7. The Morgan fingerprint density at radius 3 is 2.48 bits per heavy atom. The molecule has 0 bridgehead atoms. The van der Waals surface area contributed by atoms with E-state index in [2.05, 4.69) is 54.7 Å². The number of hydrogen-bond acceptors (Lipinski definition) is 2. The second kappa shape index (κ2) is 9.43. The van der Waals surface area contributed by atoms with Crippen molar-refractivity contribution in [3.8, 4) is 5.75 Å². The van der Waals surface area contributed by atoms with Gasteiger partial charge in [-0.25, -0.2) is 0 Å².